The van der Waals surface area contributed by atoms with Crippen molar-refractivity contribution in [3.8, 4) is 0 Å². The van der Waals surface area contributed by atoms with E-state index in [0.717, 1.165) is 32.5 Å². The van der Waals surface area contributed by atoms with Gasteiger partial charge in [0.1, 0.15) is 5.78 Å². The van der Waals surface area contributed by atoms with Crippen molar-refractivity contribution in [2.75, 3.05) is 13.2 Å². The van der Waals surface area contributed by atoms with Gasteiger partial charge in [0.2, 0.25) is 0 Å². The van der Waals surface area contributed by atoms with Gasteiger partial charge in [-0.05, 0) is 62.2 Å². The van der Waals surface area contributed by atoms with E-state index >= 15 is 0 Å². The van der Waals surface area contributed by atoms with E-state index in [9.17, 15) is 4.79 Å². The molecule has 0 aromatic heterocycles. The molecule has 6 atom stereocenters. The summed E-state index contributed by atoms with van der Waals surface area (Å²) in [6, 6.07) is 0. The maximum Gasteiger partial charge on any atom is 0.129 e. The molecule has 3 fully saturated rings. The lowest BCUT2D eigenvalue weighted by Gasteiger charge is -2.48. The highest BCUT2D eigenvalue weighted by molar-refractivity contribution is 5.75. The zero-order valence-corrected chi connectivity index (χ0v) is 14.6. The number of ether oxygens (including phenoxy) is 2. The summed E-state index contributed by atoms with van der Waals surface area (Å²) in [6.45, 7) is 5.69. The van der Waals surface area contributed by atoms with Gasteiger partial charge in [0.25, 0.3) is 0 Å². The molecule has 2 saturated carbocycles. The lowest BCUT2D eigenvalue weighted by molar-refractivity contribution is -0.144. The molecule has 0 N–H and O–H groups in total. The summed E-state index contributed by atoms with van der Waals surface area (Å²) >= 11 is 0. The maximum atomic E-state index is 11.4. The topological polar surface area (TPSA) is 35.5 Å². The fourth-order valence-electron chi connectivity index (χ4n) is 5.99. The minimum atomic E-state index is 0.300. The fraction of sp³-hybridized carbons (Fsp3) is 0.850. The molecule has 128 valence electrons. The first-order valence-corrected chi connectivity index (χ1v) is 9.51. The Hall–Kier alpha value is -0.670. The largest absolute Gasteiger partial charge is 0.373 e. The van der Waals surface area contributed by atoms with Crippen molar-refractivity contribution < 1.29 is 14.3 Å². The third-order valence-corrected chi connectivity index (χ3v) is 6.97. The SMILES string of the molecule is CC(=O)CCC1CCCC2C1=CCC1(C)CC3OCCOC3C21. The van der Waals surface area contributed by atoms with Crippen molar-refractivity contribution in [1.29, 1.82) is 0 Å². The molecule has 0 spiro atoms. The smallest absolute Gasteiger partial charge is 0.129 e. The fourth-order valence-corrected chi connectivity index (χ4v) is 5.99. The van der Waals surface area contributed by atoms with Crippen LogP contribution in [0.1, 0.15) is 58.8 Å². The maximum absolute atomic E-state index is 11.4. The highest BCUT2D eigenvalue weighted by Crippen LogP contribution is 2.60. The average Bonchev–Trinajstić information content (AvgIpc) is 2.85. The molecule has 0 bridgehead atoms. The average molecular weight is 318 g/mol. The van der Waals surface area contributed by atoms with E-state index in [2.05, 4.69) is 13.0 Å². The van der Waals surface area contributed by atoms with E-state index in [1.165, 1.54) is 25.7 Å². The quantitative estimate of drug-likeness (QED) is 0.740. The predicted octanol–water partition coefficient (Wildman–Crippen LogP) is 3.91. The Bertz CT molecular complexity index is 511. The van der Waals surface area contributed by atoms with Crippen molar-refractivity contribution in [2.45, 2.75) is 71.0 Å². The molecule has 6 unspecified atom stereocenters. The summed E-state index contributed by atoms with van der Waals surface area (Å²) in [6.07, 6.45) is 11.1. The van der Waals surface area contributed by atoms with Crippen molar-refractivity contribution >= 4 is 5.78 Å². The Morgan fingerprint density at radius 2 is 2.13 bits per heavy atom. The number of allylic oxidation sites excluding steroid dienone is 2. The molecule has 3 aliphatic carbocycles. The minimum absolute atomic E-state index is 0.300. The Balaban J connectivity index is 1.58. The normalized spacial score (nSPS) is 45.7. The summed E-state index contributed by atoms with van der Waals surface area (Å²) in [4.78, 5) is 11.4. The van der Waals surface area contributed by atoms with Gasteiger partial charge in [-0.25, -0.2) is 0 Å². The molecule has 0 radical (unpaired) electrons. The van der Waals surface area contributed by atoms with E-state index in [1.807, 2.05) is 0 Å². The third-order valence-electron chi connectivity index (χ3n) is 6.97. The van der Waals surface area contributed by atoms with Crippen LogP contribution in [0.3, 0.4) is 0 Å². The number of fused-ring (bicyclic) bond motifs is 5. The number of hydrogen-bond acceptors (Lipinski definition) is 3. The highest BCUT2D eigenvalue weighted by Gasteiger charge is 2.58. The standard InChI is InChI=1S/C20H30O3/c1-13(21)6-7-14-4-3-5-16-15(14)8-9-20(2)12-17-19(18(16)20)23-11-10-22-17/h8,14,16-19H,3-7,9-12H2,1-2H3. The lowest BCUT2D eigenvalue weighted by atomic mass is 9.58. The van der Waals surface area contributed by atoms with Gasteiger partial charge in [0.05, 0.1) is 25.4 Å². The van der Waals surface area contributed by atoms with Gasteiger partial charge in [-0.2, -0.15) is 0 Å². The molecule has 23 heavy (non-hydrogen) atoms. The van der Waals surface area contributed by atoms with Gasteiger partial charge < -0.3 is 14.3 Å². The van der Waals surface area contributed by atoms with E-state index in [0.29, 0.717) is 41.2 Å². The Labute approximate surface area is 139 Å². The number of ketones is 1. The Morgan fingerprint density at radius 1 is 1.30 bits per heavy atom. The van der Waals surface area contributed by atoms with Gasteiger partial charge in [-0.3, -0.25) is 0 Å². The van der Waals surface area contributed by atoms with Crippen LogP contribution < -0.4 is 0 Å². The number of carbonyl (C=O) groups excluding carboxylic acids is 1. The van der Waals surface area contributed by atoms with Crippen LogP contribution in [0.25, 0.3) is 0 Å². The first-order chi connectivity index (χ1) is 11.1. The molecule has 1 heterocycles. The van der Waals surface area contributed by atoms with Crippen LogP contribution in [-0.4, -0.2) is 31.2 Å². The number of hydrogen-bond donors (Lipinski definition) is 0. The molecule has 1 saturated heterocycles. The zero-order valence-electron chi connectivity index (χ0n) is 14.6. The highest BCUT2D eigenvalue weighted by atomic mass is 16.6. The van der Waals surface area contributed by atoms with Crippen LogP contribution >= 0.6 is 0 Å². The number of Topliss-reactive ketones (excluding diaryl/α,β-unsaturated/α-hetero) is 1. The first kappa shape index (κ1) is 15.8. The molecule has 0 aromatic rings. The number of rotatable bonds is 3. The van der Waals surface area contributed by atoms with Gasteiger partial charge in [0, 0.05) is 6.42 Å². The van der Waals surface area contributed by atoms with E-state index in [1.54, 1.807) is 12.5 Å². The minimum Gasteiger partial charge on any atom is -0.373 e. The van der Waals surface area contributed by atoms with Gasteiger partial charge in [-0.15, -0.1) is 0 Å². The van der Waals surface area contributed by atoms with Crippen LogP contribution in [-0.2, 0) is 14.3 Å². The van der Waals surface area contributed by atoms with Crippen molar-refractivity contribution in [3.05, 3.63) is 11.6 Å². The van der Waals surface area contributed by atoms with Crippen LogP contribution in [0, 0.1) is 23.2 Å². The second-order valence-electron chi connectivity index (χ2n) is 8.51. The van der Waals surface area contributed by atoms with Crippen LogP contribution in [0.5, 0.6) is 0 Å². The Morgan fingerprint density at radius 3 is 2.96 bits per heavy atom. The van der Waals surface area contributed by atoms with Crippen molar-refractivity contribution in [2.24, 2.45) is 23.2 Å². The molecule has 1 aliphatic heterocycles. The first-order valence-electron chi connectivity index (χ1n) is 9.51. The van der Waals surface area contributed by atoms with Crippen LogP contribution in [0.4, 0.5) is 0 Å². The van der Waals surface area contributed by atoms with Gasteiger partial charge in [-0.1, -0.05) is 25.0 Å². The molecule has 0 amide bonds. The molecule has 4 aliphatic rings. The zero-order chi connectivity index (χ0) is 16.0. The monoisotopic (exact) mass is 318 g/mol. The molecule has 0 aromatic carbocycles. The van der Waals surface area contributed by atoms with Crippen molar-refractivity contribution in [3.63, 3.8) is 0 Å². The van der Waals surface area contributed by atoms with Crippen LogP contribution in [0.2, 0.25) is 0 Å². The summed E-state index contributed by atoms with van der Waals surface area (Å²) in [7, 11) is 0. The summed E-state index contributed by atoms with van der Waals surface area (Å²) < 4.78 is 12.3. The molecular formula is C20H30O3. The second-order valence-corrected chi connectivity index (χ2v) is 8.51. The van der Waals surface area contributed by atoms with Gasteiger partial charge >= 0.3 is 0 Å². The van der Waals surface area contributed by atoms with E-state index < -0.39 is 0 Å². The molecular weight excluding hydrogens is 288 g/mol. The molecule has 3 heteroatoms. The van der Waals surface area contributed by atoms with Crippen LogP contribution in [0.15, 0.2) is 11.6 Å². The number of carbonyl (C=O) groups is 1. The summed E-state index contributed by atoms with van der Waals surface area (Å²) in [5.41, 5.74) is 2.01. The predicted molar refractivity (Wildman–Crippen MR) is 89.1 cm³/mol. The summed E-state index contributed by atoms with van der Waals surface area (Å²) in [5, 5.41) is 0. The lowest BCUT2D eigenvalue weighted by Crippen LogP contribution is -2.45. The van der Waals surface area contributed by atoms with Gasteiger partial charge in [0.15, 0.2) is 0 Å². The van der Waals surface area contributed by atoms with E-state index in [-0.39, 0.29) is 0 Å². The Kier molecular flexibility index (Phi) is 4.13. The molecule has 3 nitrogen and oxygen atoms in total. The summed E-state index contributed by atoms with van der Waals surface area (Å²) in [5.74, 6) is 2.24. The van der Waals surface area contributed by atoms with Crippen molar-refractivity contribution in [1.82, 2.24) is 0 Å². The molecule has 4 rings (SSSR count). The second kappa shape index (κ2) is 6.00. The van der Waals surface area contributed by atoms with E-state index in [4.69, 9.17) is 9.47 Å². The third kappa shape index (κ3) is 2.70.